The average molecular weight is 400 g/mol. The van der Waals surface area contributed by atoms with Gasteiger partial charge in [-0.3, -0.25) is 14.6 Å². The maximum atomic E-state index is 12.9. The van der Waals surface area contributed by atoms with Crippen molar-refractivity contribution in [1.82, 2.24) is 15.2 Å². The summed E-state index contributed by atoms with van der Waals surface area (Å²) < 4.78 is 5.61. The number of likely N-dealkylation sites (tertiary alicyclic amines) is 1. The Morgan fingerprint density at radius 3 is 2.55 bits per heavy atom. The van der Waals surface area contributed by atoms with E-state index >= 15 is 0 Å². The third-order valence-corrected chi connectivity index (χ3v) is 6.72. The highest BCUT2D eigenvalue weighted by atomic mass is 16.5. The number of ether oxygens (including phenoxy) is 1. The quantitative estimate of drug-likeness (QED) is 0.825. The van der Waals surface area contributed by atoms with Crippen LogP contribution in [0.15, 0.2) is 12.1 Å². The van der Waals surface area contributed by atoms with Crippen molar-refractivity contribution in [2.45, 2.75) is 70.3 Å². The Morgan fingerprint density at radius 2 is 1.86 bits per heavy atom. The molecule has 0 radical (unpaired) electrons. The van der Waals surface area contributed by atoms with Gasteiger partial charge in [-0.15, -0.1) is 0 Å². The molecule has 1 aromatic heterocycles. The molecule has 2 aliphatic heterocycles. The van der Waals surface area contributed by atoms with Gasteiger partial charge in [0.25, 0.3) is 5.91 Å². The third kappa shape index (κ3) is 4.80. The normalized spacial score (nSPS) is 23.5. The molecule has 6 heteroatoms. The first-order chi connectivity index (χ1) is 14.1. The minimum absolute atomic E-state index is 0.0625. The van der Waals surface area contributed by atoms with Crippen molar-refractivity contribution in [2.24, 2.45) is 5.92 Å². The van der Waals surface area contributed by atoms with Gasteiger partial charge in [-0.1, -0.05) is 12.8 Å². The lowest BCUT2D eigenvalue weighted by Gasteiger charge is -2.34. The van der Waals surface area contributed by atoms with Crippen molar-refractivity contribution in [2.75, 3.05) is 26.2 Å². The van der Waals surface area contributed by atoms with Gasteiger partial charge in [-0.25, -0.2) is 0 Å². The molecule has 0 spiro atoms. The van der Waals surface area contributed by atoms with Crippen LogP contribution in [0, 0.1) is 12.8 Å². The van der Waals surface area contributed by atoms with Crippen LogP contribution in [0.25, 0.3) is 0 Å². The summed E-state index contributed by atoms with van der Waals surface area (Å²) in [7, 11) is 0. The van der Waals surface area contributed by atoms with Crippen LogP contribution >= 0.6 is 0 Å². The van der Waals surface area contributed by atoms with Gasteiger partial charge in [0.05, 0.1) is 17.4 Å². The molecule has 3 heterocycles. The van der Waals surface area contributed by atoms with Crippen molar-refractivity contribution in [3.63, 3.8) is 0 Å². The van der Waals surface area contributed by atoms with E-state index in [1.54, 1.807) is 0 Å². The van der Waals surface area contributed by atoms with Crippen LogP contribution < -0.4 is 5.32 Å². The van der Waals surface area contributed by atoms with E-state index in [1.807, 2.05) is 24.0 Å². The molecule has 3 fully saturated rings. The first-order valence-corrected chi connectivity index (χ1v) is 11.3. The number of pyridine rings is 1. The van der Waals surface area contributed by atoms with Crippen molar-refractivity contribution >= 4 is 11.8 Å². The Morgan fingerprint density at radius 1 is 1.10 bits per heavy atom. The molecule has 4 rings (SSSR count). The Balaban J connectivity index is 1.39. The van der Waals surface area contributed by atoms with Gasteiger partial charge in [0, 0.05) is 43.8 Å². The lowest BCUT2D eigenvalue weighted by molar-refractivity contribution is -0.136. The molecule has 1 aliphatic carbocycles. The van der Waals surface area contributed by atoms with Crippen molar-refractivity contribution in [3.05, 3.63) is 29.1 Å². The highest BCUT2D eigenvalue weighted by Crippen LogP contribution is 2.32. The summed E-state index contributed by atoms with van der Waals surface area (Å²) in [6.45, 7) is 4.85. The molecule has 3 aliphatic rings. The molecule has 2 amide bonds. The summed E-state index contributed by atoms with van der Waals surface area (Å²) >= 11 is 0. The number of carbonyl (C=O) groups is 2. The number of hydrogen-bond acceptors (Lipinski definition) is 4. The predicted molar refractivity (Wildman–Crippen MR) is 111 cm³/mol. The molecule has 158 valence electrons. The zero-order valence-electron chi connectivity index (χ0n) is 17.5. The van der Waals surface area contributed by atoms with Crippen molar-refractivity contribution in [1.29, 1.82) is 0 Å². The van der Waals surface area contributed by atoms with Crippen LogP contribution in [0.4, 0.5) is 0 Å². The minimum atomic E-state index is -0.0625. The average Bonchev–Trinajstić information content (AvgIpc) is 3.46. The summed E-state index contributed by atoms with van der Waals surface area (Å²) in [6, 6.07) is 3.81. The molecule has 6 nitrogen and oxygen atoms in total. The number of amides is 2. The summed E-state index contributed by atoms with van der Waals surface area (Å²) in [5, 5.41) is 3.04. The van der Waals surface area contributed by atoms with E-state index in [1.165, 1.54) is 12.8 Å². The Bertz CT molecular complexity index is 731. The van der Waals surface area contributed by atoms with Crippen LogP contribution in [0.3, 0.4) is 0 Å². The van der Waals surface area contributed by atoms with Gasteiger partial charge in [0.1, 0.15) is 0 Å². The molecule has 1 atom stereocenters. The molecule has 1 aromatic rings. The van der Waals surface area contributed by atoms with Gasteiger partial charge in [0.2, 0.25) is 5.91 Å². The second-order valence-electron chi connectivity index (χ2n) is 8.81. The van der Waals surface area contributed by atoms with Gasteiger partial charge in [0.15, 0.2) is 0 Å². The number of aryl methyl sites for hydroxylation is 1. The fraction of sp³-hybridized carbons (Fsp3) is 0.696. The molecule has 1 N–H and O–H groups in total. The molecule has 1 unspecified atom stereocenters. The number of nitrogens with one attached hydrogen (secondary N) is 1. The fourth-order valence-corrected chi connectivity index (χ4v) is 4.99. The Kier molecular flexibility index (Phi) is 6.48. The monoisotopic (exact) mass is 399 g/mol. The topological polar surface area (TPSA) is 71.5 Å². The van der Waals surface area contributed by atoms with Gasteiger partial charge in [-0.05, 0) is 57.6 Å². The van der Waals surface area contributed by atoms with E-state index < -0.39 is 0 Å². The maximum absolute atomic E-state index is 12.9. The molecule has 0 aromatic carbocycles. The van der Waals surface area contributed by atoms with E-state index in [0.29, 0.717) is 18.0 Å². The van der Waals surface area contributed by atoms with Crippen LogP contribution in [0.1, 0.15) is 79.0 Å². The number of hydrogen-bond donors (Lipinski definition) is 1. The molecule has 0 bridgehead atoms. The van der Waals surface area contributed by atoms with Crippen molar-refractivity contribution < 1.29 is 14.3 Å². The molecule has 29 heavy (non-hydrogen) atoms. The molecular weight excluding hydrogens is 366 g/mol. The van der Waals surface area contributed by atoms with E-state index in [9.17, 15) is 9.59 Å². The van der Waals surface area contributed by atoms with Crippen molar-refractivity contribution in [3.8, 4) is 0 Å². The zero-order chi connectivity index (χ0) is 20.2. The van der Waals surface area contributed by atoms with Crippen LogP contribution in [0.5, 0.6) is 0 Å². The number of nitrogens with zero attached hydrogens (tertiary/aromatic N) is 2. The highest BCUT2D eigenvalue weighted by molar-refractivity contribution is 5.95. The lowest BCUT2D eigenvalue weighted by Crippen LogP contribution is -2.41. The fourth-order valence-electron chi connectivity index (χ4n) is 4.99. The lowest BCUT2D eigenvalue weighted by atomic mass is 9.89. The molecular formula is C23H33N3O3. The minimum Gasteiger partial charge on any atom is -0.376 e. The first-order valence-electron chi connectivity index (χ1n) is 11.3. The predicted octanol–water partition coefficient (Wildman–Crippen LogP) is 3.20. The van der Waals surface area contributed by atoms with Gasteiger partial charge in [-0.2, -0.15) is 0 Å². The number of carbonyl (C=O) groups excluding carboxylic acids is 2. The Labute approximate surface area is 173 Å². The first kappa shape index (κ1) is 20.3. The second kappa shape index (κ2) is 9.24. The largest absolute Gasteiger partial charge is 0.376 e. The SMILES string of the molecule is Cc1ccc(C(=O)NCC2CCCO2)c(C2CCN(C(=O)C3CCCC3)CC2)n1. The van der Waals surface area contributed by atoms with E-state index in [0.717, 1.165) is 69.6 Å². The van der Waals surface area contributed by atoms with Crippen LogP contribution in [-0.4, -0.2) is 54.0 Å². The van der Waals surface area contributed by atoms with Gasteiger partial charge < -0.3 is 15.0 Å². The summed E-state index contributed by atoms with van der Waals surface area (Å²) in [5.74, 6) is 0.744. The molecule has 1 saturated carbocycles. The zero-order valence-corrected chi connectivity index (χ0v) is 17.5. The van der Waals surface area contributed by atoms with E-state index in [-0.39, 0.29) is 23.8 Å². The summed E-state index contributed by atoms with van der Waals surface area (Å²) in [6.07, 6.45) is 8.42. The van der Waals surface area contributed by atoms with Crippen LogP contribution in [0.2, 0.25) is 0 Å². The summed E-state index contributed by atoms with van der Waals surface area (Å²) in [4.78, 5) is 32.4. The standard InChI is InChI=1S/C23H33N3O3/c1-16-8-9-20(22(27)24-15-19-7-4-14-29-19)21(25-16)17-10-12-26(13-11-17)23(28)18-5-2-3-6-18/h8-9,17-19H,2-7,10-15H2,1H3,(H,24,27). The smallest absolute Gasteiger partial charge is 0.253 e. The van der Waals surface area contributed by atoms with Gasteiger partial charge >= 0.3 is 0 Å². The van der Waals surface area contributed by atoms with Crippen LogP contribution in [-0.2, 0) is 9.53 Å². The number of aromatic nitrogens is 1. The number of piperidine rings is 1. The van der Waals surface area contributed by atoms with E-state index in [2.05, 4.69) is 5.32 Å². The highest BCUT2D eigenvalue weighted by Gasteiger charge is 2.32. The maximum Gasteiger partial charge on any atom is 0.253 e. The number of rotatable bonds is 5. The molecule has 2 saturated heterocycles. The summed E-state index contributed by atoms with van der Waals surface area (Å²) in [5.41, 5.74) is 2.50. The second-order valence-corrected chi connectivity index (χ2v) is 8.81. The Hall–Kier alpha value is -1.95. The van der Waals surface area contributed by atoms with E-state index in [4.69, 9.17) is 9.72 Å². The third-order valence-electron chi connectivity index (χ3n) is 6.72.